The Morgan fingerprint density at radius 3 is 2.41 bits per heavy atom. The quantitative estimate of drug-likeness (QED) is 0.298. The minimum absolute atomic E-state index is 0.0305. The number of phenolic OH excluding ortho intramolecular Hbond substituents is 1. The van der Waals surface area contributed by atoms with E-state index in [0.29, 0.717) is 23.5 Å². The Bertz CT molecular complexity index is 1430. The Morgan fingerprint density at radius 1 is 1.05 bits per heavy atom. The standard InChI is InChI=1S/C29H22Cl2FNO4/c1-2-19-14-15-28(30)26(35)33(21-10-8-20(32)9-11-21)27(36)29(28,31)25(19)23-13-12-22(16-24(23)34)37-17-18-6-4-3-5-7-18/h2-14,16,25,34H,1,15,17H2. The van der Waals surface area contributed by atoms with Crippen LogP contribution in [0.2, 0.25) is 0 Å². The zero-order valence-electron chi connectivity index (χ0n) is 19.5. The zero-order valence-corrected chi connectivity index (χ0v) is 21.0. The molecule has 0 bridgehead atoms. The van der Waals surface area contributed by atoms with E-state index in [1.165, 1.54) is 24.3 Å². The second kappa shape index (κ2) is 9.36. The molecule has 1 N–H and O–H groups in total. The summed E-state index contributed by atoms with van der Waals surface area (Å²) in [5.41, 5.74) is 1.94. The number of anilines is 1. The van der Waals surface area contributed by atoms with Crippen LogP contribution in [0.25, 0.3) is 0 Å². The number of imide groups is 1. The summed E-state index contributed by atoms with van der Waals surface area (Å²) in [4.78, 5) is 24.5. The highest BCUT2D eigenvalue weighted by Crippen LogP contribution is 2.60. The van der Waals surface area contributed by atoms with Crippen LogP contribution >= 0.6 is 23.2 Å². The van der Waals surface area contributed by atoms with E-state index in [0.717, 1.165) is 22.6 Å². The highest BCUT2D eigenvalue weighted by molar-refractivity contribution is 6.58. The highest BCUT2D eigenvalue weighted by Gasteiger charge is 2.73. The minimum atomic E-state index is -1.98. The molecule has 1 aliphatic heterocycles. The molecular weight excluding hydrogens is 516 g/mol. The summed E-state index contributed by atoms with van der Waals surface area (Å²) in [6, 6.07) is 19.2. The first kappa shape index (κ1) is 25.1. The maximum absolute atomic E-state index is 13.9. The highest BCUT2D eigenvalue weighted by atomic mass is 35.5. The fraction of sp³-hybridized carbons (Fsp3) is 0.172. The van der Waals surface area contributed by atoms with Gasteiger partial charge in [-0.1, -0.05) is 55.1 Å². The predicted molar refractivity (Wildman–Crippen MR) is 141 cm³/mol. The molecule has 3 unspecified atom stereocenters. The van der Waals surface area contributed by atoms with Gasteiger partial charge in [0.1, 0.15) is 23.9 Å². The van der Waals surface area contributed by atoms with Gasteiger partial charge in [-0.15, -0.1) is 23.2 Å². The molecule has 1 heterocycles. The van der Waals surface area contributed by atoms with Crippen LogP contribution in [0.4, 0.5) is 10.1 Å². The average molecular weight is 538 g/mol. The van der Waals surface area contributed by atoms with Crippen LogP contribution < -0.4 is 9.64 Å². The van der Waals surface area contributed by atoms with Gasteiger partial charge in [0.05, 0.1) is 5.69 Å². The van der Waals surface area contributed by atoms with Crippen LogP contribution in [-0.2, 0) is 16.2 Å². The molecule has 1 fully saturated rings. The van der Waals surface area contributed by atoms with Crippen molar-refractivity contribution in [1.29, 1.82) is 0 Å². The first-order chi connectivity index (χ1) is 17.7. The lowest BCUT2D eigenvalue weighted by Crippen LogP contribution is -2.54. The Hall–Kier alpha value is -3.61. The minimum Gasteiger partial charge on any atom is -0.508 e. The van der Waals surface area contributed by atoms with Gasteiger partial charge in [0, 0.05) is 17.5 Å². The number of aromatic hydroxyl groups is 1. The van der Waals surface area contributed by atoms with Gasteiger partial charge in [-0.25, -0.2) is 9.29 Å². The normalized spacial score (nSPS) is 25.0. The van der Waals surface area contributed by atoms with Gasteiger partial charge >= 0.3 is 0 Å². The summed E-state index contributed by atoms with van der Waals surface area (Å²) in [5.74, 6) is -2.76. The smallest absolute Gasteiger partial charge is 0.258 e. The topological polar surface area (TPSA) is 66.8 Å². The monoisotopic (exact) mass is 537 g/mol. The molecule has 2 aliphatic rings. The molecule has 1 aliphatic carbocycles. The van der Waals surface area contributed by atoms with Crippen LogP contribution in [0.15, 0.2) is 97.1 Å². The number of hydrogen-bond donors (Lipinski definition) is 1. The van der Waals surface area contributed by atoms with Gasteiger partial charge < -0.3 is 9.84 Å². The number of hydrogen-bond acceptors (Lipinski definition) is 4. The number of carbonyl (C=O) groups is 2. The van der Waals surface area contributed by atoms with Crippen molar-refractivity contribution in [2.24, 2.45) is 0 Å². The molecule has 37 heavy (non-hydrogen) atoms. The second-order valence-electron chi connectivity index (χ2n) is 8.98. The molecule has 8 heteroatoms. The van der Waals surface area contributed by atoms with E-state index in [4.69, 9.17) is 27.9 Å². The number of nitrogens with zero attached hydrogens (tertiary/aromatic N) is 1. The van der Waals surface area contributed by atoms with Crippen molar-refractivity contribution in [1.82, 2.24) is 0 Å². The molecular formula is C29H22Cl2FNO4. The zero-order chi connectivity index (χ0) is 26.4. The summed E-state index contributed by atoms with van der Waals surface area (Å²) in [7, 11) is 0. The Kier molecular flexibility index (Phi) is 6.34. The number of fused-ring (bicyclic) bond motifs is 1. The number of phenols is 1. The molecule has 0 saturated carbocycles. The lowest BCUT2D eigenvalue weighted by molar-refractivity contribution is -0.122. The van der Waals surface area contributed by atoms with Crippen molar-refractivity contribution in [3.63, 3.8) is 0 Å². The van der Waals surface area contributed by atoms with E-state index in [9.17, 15) is 19.1 Å². The molecule has 5 nitrogen and oxygen atoms in total. The van der Waals surface area contributed by atoms with Crippen molar-refractivity contribution in [2.75, 3.05) is 4.90 Å². The summed E-state index contributed by atoms with van der Waals surface area (Å²) in [5, 5.41) is 11.0. The van der Waals surface area contributed by atoms with E-state index in [1.807, 2.05) is 30.3 Å². The summed E-state index contributed by atoms with van der Waals surface area (Å²) in [6.45, 7) is 4.14. The number of benzene rings is 3. The number of halogens is 3. The van der Waals surface area contributed by atoms with Crippen LogP contribution in [0.1, 0.15) is 23.5 Å². The maximum atomic E-state index is 13.9. The number of amides is 2. The van der Waals surface area contributed by atoms with Crippen molar-refractivity contribution >= 4 is 40.7 Å². The third-order valence-corrected chi connectivity index (χ3v) is 8.28. The molecule has 2 amide bonds. The van der Waals surface area contributed by atoms with E-state index in [2.05, 4.69) is 6.58 Å². The average Bonchev–Trinajstić information content (AvgIpc) is 3.06. The summed E-state index contributed by atoms with van der Waals surface area (Å²) >= 11 is 14.0. The third-order valence-electron chi connectivity index (χ3n) is 6.87. The van der Waals surface area contributed by atoms with Gasteiger partial charge in [-0.05, 0) is 47.9 Å². The van der Waals surface area contributed by atoms with E-state index < -0.39 is 33.3 Å². The molecule has 1 saturated heterocycles. The first-order valence-electron chi connectivity index (χ1n) is 11.5. The van der Waals surface area contributed by atoms with Gasteiger partial charge in [-0.3, -0.25) is 9.59 Å². The molecule has 0 aromatic heterocycles. The Morgan fingerprint density at radius 2 is 1.76 bits per heavy atom. The van der Waals surface area contributed by atoms with E-state index in [1.54, 1.807) is 18.2 Å². The molecule has 3 aromatic rings. The van der Waals surface area contributed by atoms with Gasteiger partial charge in [-0.2, -0.15) is 0 Å². The lowest BCUT2D eigenvalue weighted by atomic mass is 9.68. The Balaban J connectivity index is 1.54. The number of alkyl halides is 2. The van der Waals surface area contributed by atoms with E-state index >= 15 is 0 Å². The van der Waals surface area contributed by atoms with Crippen LogP contribution in [-0.4, -0.2) is 26.7 Å². The predicted octanol–water partition coefficient (Wildman–Crippen LogP) is 6.24. The van der Waals surface area contributed by atoms with Crippen LogP contribution in [0, 0.1) is 5.82 Å². The molecule has 0 radical (unpaired) electrons. The van der Waals surface area contributed by atoms with Gasteiger partial charge in [0.15, 0.2) is 9.75 Å². The summed E-state index contributed by atoms with van der Waals surface area (Å²) < 4.78 is 19.3. The van der Waals surface area contributed by atoms with Gasteiger partial charge in [0.2, 0.25) is 0 Å². The maximum Gasteiger partial charge on any atom is 0.258 e. The molecule has 3 aromatic carbocycles. The SMILES string of the molecule is C=CC1=CCC2(Cl)C(=O)N(c3ccc(F)cc3)C(=O)C2(Cl)C1c1ccc(OCc2ccccc2)cc1O. The van der Waals surface area contributed by atoms with Gasteiger partial charge in [0.25, 0.3) is 11.8 Å². The van der Waals surface area contributed by atoms with Crippen molar-refractivity contribution in [3.05, 3.63) is 114 Å². The number of carbonyl (C=O) groups excluding carboxylic acids is 2. The number of allylic oxidation sites excluding steroid dienone is 3. The van der Waals surface area contributed by atoms with Crippen molar-refractivity contribution in [2.45, 2.75) is 28.7 Å². The fourth-order valence-corrected chi connectivity index (χ4v) is 5.81. The van der Waals surface area contributed by atoms with Crippen LogP contribution in [0.5, 0.6) is 11.5 Å². The van der Waals surface area contributed by atoms with Crippen LogP contribution in [0.3, 0.4) is 0 Å². The first-order valence-corrected chi connectivity index (χ1v) is 12.3. The molecule has 188 valence electrons. The largest absolute Gasteiger partial charge is 0.508 e. The van der Waals surface area contributed by atoms with E-state index in [-0.39, 0.29) is 17.9 Å². The molecule has 5 rings (SSSR count). The second-order valence-corrected chi connectivity index (χ2v) is 10.2. The summed E-state index contributed by atoms with van der Waals surface area (Å²) in [6.07, 6.45) is 3.20. The third kappa shape index (κ3) is 3.92. The lowest BCUT2D eigenvalue weighted by Gasteiger charge is -2.42. The number of ether oxygens (including phenoxy) is 1. The van der Waals surface area contributed by atoms with Crippen molar-refractivity contribution < 1.29 is 23.8 Å². The molecule has 0 spiro atoms. The molecule has 3 atom stereocenters. The van der Waals surface area contributed by atoms with Crippen molar-refractivity contribution in [3.8, 4) is 11.5 Å². The number of rotatable bonds is 6. The fourth-order valence-electron chi connectivity index (χ4n) is 4.97. The Labute approximate surface area is 223 Å².